The highest BCUT2D eigenvalue weighted by molar-refractivity contribution is 8.13. The largest absolute Gasteiger partial charge is 0.361 e. The van der Waals surface area contributed by atoms with E-state index in [2.05, 4.69) is 4.98 Å². The SMILES string of the molecule is O=C(Cl)C(Cl)(Cl)c1cc(S(=O)(=O)Cl)c[nH]1. The first-order valence-corrected chi connectivity index (χ1v) is 6.81. The predicted octanol–water partition coefficient (Wildman–Crippen LogP) is 2.34. The van der Waals surface area contributed by atoms with Crippen LogP contribution in [0.1, 0.15) is 5.69 Å². The van der Waals surface area contributed by atoms with E-state index in [1.807, 2.05) is 0 Å². The van der Waals surface area contributed by atoms with Gasteiger partial charge in [0, 0.05) is 16.9 Å². The van der Waals surface area contributed by atoms with Crippen LogP contribution in [0.4, 0.5) is 0 Å². The van der Waals surface area contributed by atoms with Crippen molar-refractivity contribution in [3.63, 3.8) is 0 Å². The van der Waals surface area contributed by atoms with Gasteiger partial charge in [-0.25, -0.2) is 8.42 Å². The summed E-state index contributed by atoms with van der Waals surface area (Å²) in [5, 5.41) is -1.05. The van der Waals surface area contributed by atoms with Crippen LogP contribution in [0.5, 0.6) is 0 Å². The Bertz CT molecular complexity index is 492. The number of halogens is 4. The van der Waals surface area contributed by atoms with Gasteiger partial charge in [-0.3, -0.25) is 4.79 Å². The summed E-state index contributed by atoms with van der Waals surface area (Å²) in [6.45, 7) is 0. The minimum atomic E-state index is -3.90. The van der Waals surface area contributed by atoms with Crippen molar-refractivity contribution in [3.05, 3.63) is 18.0 Å². The highest BCUT2D eigenvalue weighted by Crippen LogP contribution is 2.36. The first-order chi connectivity index (χ1) is 6.65. The minimum Gasteiger partial charge on any atom is -0.361 e. The fourth-order valence-electron chi connectivity index (χ4n) is 0.802. The van der Waals surface area contributed by atoms with Crippen molar-refractivity contribution in [1.29, 1.82) is 0 Å². The number of aromatic nitrogens is 1. The van der Waals surface area contributed by atoms with Gasteiger partial charge in [-0.2, -0.15) is 0 Å². The molecule has 1 aromatic heterocycles. The van der Waals surface area contributed by atoms with Crippen LogP contribution in [0, 0.1) is 0 Å². The molecular formula is C6H3Cl4NO3S. The smallest absolute Gasteiger partial charge is 0.263 e. The second-order valence-electron chi connectivity index (χ2n) is 2.54. The van der Waals surface area contributed by atoms with Gasteiger partial charge < -0.3 is 4.98 Å². The summed E-state index contributed by atoms with van der Waals surface area (Å²) in [4.78, 5) is 13.0. The number of carbonyl (C=O) groups excluding carboxylic acids is 1. The standard InChI is InChI=1S/C6H3Cl4NO3S/c7-5(12)6(8,9)4-1-3(2-11-4)15(10,13)14/h1-2,11H. The molecule has 0 aliphatic rings. The van der Waals surface area contributed by atoms with E-state index in [1.54, 1.807) is 0 Å². The summed E-state index contributed by atoms with van der Waals surface area (Å²) in [5.74, 6) is 0. The lowest BCUT2D eigenvalue weighted by atomic mass is 10.3. The fourth-order valence-corrected chi connectivity index (χ4v) is 1.85. The van der Waals surface area contributed by atoms with Crippen LogP contribution in [0.15, 0.2) is 17.2 Å². The molecule has 0 fully saturated rings. The van der Waals surface area contributed by atoms with Gasteiger partial charge in [0.05, 0.1) is 5.69 Å². The van der Waals surface area contributed by atoms with E-state index >= 15 is 0 Å². The lowest BCUT2D eigenvalue weighted by Crippen LogP contribution is -2.18. The molecule has 9 heteroatoms. The molecule has 0 aromatic carbocycles. The van der Waals surface area contributed by atoms with Crippen LogP contribution in [-0.4, -0.2) is 18.6 Å². The molecule has 15 heavy (non-hydrogen) atoms. The Morgan fingerprint density at radius 2 is 1.93 bits per heavy atom. The average molecular weight is 311 g/mol. The third-order valence-corrected chi connectivity index (χ3v) is 4.08. The van der Waals surface area contributed by atoms with Gasteiger partial charge in [0.25, 0.3) is 14.3 Å². The number of hydrogen-bond acceptors (Lipinski definition) is 3. The molecule has 0 aliphatic carbocycles. The van der Waals surface area contributed by atoms with Crippen molar-refractivity contribution in [1.82, 2.24) is 4.98 Å². The fraction of sp³-hybridized carbons (Fsp3) is 0.167. The quantitative estimate of drug-likeness (QED) is 0.688. The summed E-state index contributed by atoms with van der Waals surface area (Å²) in [7, 11) is 1.15. The molecule has 0 saturated heterocycles. The van der Waals surface area contributed by atoms with Gasteiger partial charge in [-0.1, -0.05) is 23.2 Å². The maximum atomic E-state index is 10.9. The number of H-pyrrole nitrogens is 1. The van der Waals surface area contributed by atoms with Crippen molar-refractivity contribution in [2.75, 3.05) is 0 Å². The Hall–Kier alpha value is 0.0600. The zero-order valence-corrected chi connectivity index (χ0v) is 10.6. The maximum Gasteiger partial charge on any atom is 0.263 e. The highest BCUT2D eigenvalue weighted by Gasteiger charge is 2.36. The van der Waals surface area contributed by atoms with Crippen LogP contribution >= 0.6 is 45.5 Å². The third kappa shape index (κ3) is 2.79. The van der Waals surface area contributed by atoms with Crippen LogP contribution in [0.2, 0.25) is 0 Å². The Morgan fingerprint density at radius 3 is 2.27 bits per heavy atom. The first kappa shape index (κ1) is 13.1. The number of alkyl halides is 2. The van der Waals surface area contributed by atoms with Crippen molar-refractivity contribution < 1.29 is 13.2 Å². The molecule has 0 saturated carbocycles. The van der Waals surface area contributed by atoms with Crippen molar-refractivity contribution in [2.45, 2.75) is 9.23 Å². The number of aromatic amines is 1. The molecule has 0 amide bonds. The molecule has 1 aromatic rings. The van der Waals surface area contributed by atoms with Gasteiger partial charge in [0.15, 0.2) is 0 Å². The normalized spacial score (nSPS) is 12.8. The van der Waals surface area contributed by atoms with Crippen molar-refractivity contribution in [3.8, 4) is 0 Å². The highest BCUT2D eigenvalue weighted by atomic mass is 35.7. The summed E-state index contributed by atoms with van der Waals surface area (Å²) < 4.78 is 19.7. The molecular weight excluding hydrogens is 308 g/mol. The number of hydrogen-bond donors (Lipinski definition) is 1. The van der Waals surface area contributed by atoms with Gasteiger partial charge in [0.2, 0.25) is 4.33 Å². The van der Waals surface area contributed by atoms with Gasteiger partial charge >= 0.3 is 0 Å². The number of nitrogens with one attached hydrogen (secondary N) is 1. The molecule has 1 N–H and O–H groups in total. The van der Waals surface area contributed by atoms with E-state index in [1.165, 1.54) is 0 Å². The minimum absolute atomic E-state index is 0.0648. The summed E-state index contributed by atoms with van der Waals surface area (Å²) >= 11 is 16.3. The van der Waals surface area contributed by atoms with Crippen molar-refractivity contribution >= 4 is 59.8 Å². The Kier molecular flexibility index (Phi) is 3.63. The van der Waals surface area contributed by atoms with Crippen LogP contribution in [-0.2, 0) is 18.2 Å². The molecule has 0 bridgehead atoms. The Balaban J connectivity index is 3.21. The van der Waals surface area contributed by atoms with Crippen molar-refractivity contribution in [2.24, 2.45) is 0 Å². The van der Waals surface area contributed by atoms with Crippen LogP contribution < -0.4 is 0 Å². The molecule has 1 rings (SSSR count). The number of carbonyl (C=O) groups is 1. The first-order valence-electron chi connectivity index (χ1n) is 3.37. The molecule has 4 nitrogen and oxygen atoms in total. The summed E-state index contributed by atoms with van der Waals surface area (Å²) in [5.41, 5.74) is -0.0648. The Labute approximate surface area is 105 Å². The lowest BCUT2D eigenvalue weighted by Gasteiger charge is -2.11. The molecule has 0 atom stereocenters. The molecule has 0 unspecified atom stereocenters. The zero-order chi connectivity index (χ0) is 11.9. The summed E-state index contributed by atoms with van der Waals surface area (Å²) in [6.07, 6.45) is 1.05. The lowest BCUT2D eigenvalue weighted by molar-refractivity contribution is -0.112. The topological polar surface area (TPSA) is 67.0 Å². The van der Waals surface area contributed by atoms with Crippen LogP contribution in [0.3, 0.4) is 0 Å². The number of rotatable bonds is 3. The predicted molar refractivity (Wildman–Crippen MR) is 58.1 cm³/mol. The molecule has 84 valence electrons. The van der Waals surface area contributed by atoms with Gasteiger partial charge in [0.1, 0.15) is 4.90 Å². The average Bonchev–Trinajstić information content (AvgIpc) is 2.50. The zero-order valence-electron chi connectivity index (χ0n) is 6.80. The van der Waals surface area contributed by atoms with E-state index in [0.29, 0.717) is 0 Å². The monoisotopic (exact) mass is 309 g/mol. The van der Waals surface area contributed by atoms with Gasteiger partial charge in [-0.05, 0) is 17.7 Å². The maximum absolute atomic E-state index is 10.9. The van der Waals surface area contributed by atoms with E-state index in [4.69, 9.17) is 45.5 Å². The third-order valence-electron chi connectivity index (χ3n) is 1.52. The van der Waals surface area contributed by atoms with E-state index in [-0.39, 0.29) is 10.6 Å². The second-order valence-corrected chi connectivity index (χ2v) is 6.77. The molecule has 0 spiro atoms. The molecule has 0 radical (unpaired) electrons. The second kappa shape index (κ2) is 4.14. The van der Waals surface area contributed by atoms with Gasteiger partial charge in [-0.15, -0.1) is 0 Å². The molecule has 0 aliphatic heterocycles. The Morgan fingerprint density at radius 1 is 1.40 bits per heavy atom. The van der Waals surface area contributed by atoms with Crippen LogP contribution in [0.25, 0.3) is 0 Å². The molecule has 1 heterocycles. The van der Waals surface area contributed by atoms with E-state index < -0.39 is 18.6 Å². The van der Waals surface area contributed by atoms with E-state index in [0.717, 1.165) is 12.3 Å². The summed E-state index contributed by atoms with van der Waals surface area (Å²) in [6, 6.07) is 1.03. The van der Waals surface area contributed by atoms with E-state index in [9.17, 15) is 13.2 Å².